The number of rotatable bonds is 3. The minimum absolute atomic E-state index is 0.352. The third-order valence-corrected chi connectivity index (χ3v) is 2.97. The number of ether oxygens (including phenoxy) is 2. The largest absolute Gasteiger partial charge is 0.496 e. The van der Waals surface area contributed by atoms with Crippen LogP contribution in [0.4, 0.5) is 0 Å². The molecule has 104 valence electrons. The zero-order chi connectivity index (χ0) is 14.6. The van der Waals surface area contributed by atoms with E-state index in [-0.39, 0.29) is 0 Å². The van der Waals surface area contributed by atoms with Crippen LogP contribution in [0, 0.1) is 13.8 Å². The van der Waals surface area contributed by atoms with Gasteiger partial charge in [0.25, 0.3) is 0 Å². The molecule has 1 rings (SSSR count). The Kier molecular flexibility index (Phi) is 4.92. The highest BCUT2D eigenvalue weighted by molar-refractivity contribution is 6.32. The predicted molar refractivity (Wildman–Crippen MR) is 71.0 cm³/mol. The first-order valence-electron chi connectivity index (χ1n) is 5.88. The molecule has 5 nitrogen and oxygen atoms in total. The summed E-state index contributed by atoms with van der Waals surface area (Å²) < 4.78 is 9.65. The molecule has 0 heterocycles. The number of methoxy groups -OCH3 is 2. The van der Waals surface area contributed by atoms with Crippen LogP contribution in [0.3, 0.4) is 0 Å². The van der Waals surface area contributed by atoms with Crippen LogP contribution in [0.25, 0.3) is 0 Å². The molecule has 0 N–H and O–H groups in total. The molecule has 0 spiro atoms. The summed E-state index contributed by atoms with van der Waals surface area (Å²) in [6.45, 7) is 4.22. The van der Waals surface area contributed by atoms with E-state index in [0.29, 0.717) is 6.54 Å². The van der Waals surface area contributed by atoms with Crippen molar-refractivity contribution in [2.24, 2.45) is 0 Å². The van der Waals surface area contributed by atoms with E-state index in [1.54, 1.807) is 14.2 Å². The zero-order valence-electron chi connectivity index (χ0n) is 11.9. The zero-order valence-corrected chi connectivity index (χ0v) is 11.9. The Morgan fingerprint density at radius 1 is 1.16 bits per heavy atom. The summed E-state index contributed by atoms with van der Waals surface area (Å²) >= 11 is 0. The second-order valence-corrected chi connectivity index (χ2v) is 4.40. The molecular weight excluding hydrogens is 246 g/mol. The minimum Gasteiger partial charge on any atom is -0.496 e. The molecule has 0 atom stereocenters. The van der Waals surface area contributed by atoms with Gasteiger partial charge in [-0.05, 0) is 36.6 Å². The summed E-state index contributed by atoms with van der Waals surface area (Å²) in [5.41, 5.74) is 2.96. The molecule has 0 aliphatic carbocycles. The fourth-order valence-corrected chi connectivity index (χ4v) is 1.81. The van der Waals surface area contributed by atoms with E-state index in [9.17, 15) is 9.59 Å². The monoisotopic (exact) mass is 265 g/mol. The second kappa shape index (κ2) is 6.22. The topological polar surface area (TPSA) is 55.8 Å². The average molecular weight is 265 g/mol. The third-order valence-electron chi connectivity index (χ3n) is 2.97. The number of carbonyl (C=O) groups is 2. The number of amides is 1. The van der Waals surface area contributed by atoms with Crippen molar-refractivity contribution < 1.29 is 19.1 Å². The molecule has 0 saturated carbocycles. The highest BCUT2D eigenvalue weighted by Crippen LogP contribution is 2.23. The van der Waals surface area contributed by atoms with Crippen molar-refractivity contribution in [1.82, 2.24) is 4.90 Å². The van der Waals surface area contributed by atoms with Gasteiger partial charge < -0.3 is 14.4 Å². The first kappa shape index (κ1) is 15.0. The lowest BCUT2D eigenvalue weighted by molar-refractivity contribution is -0.157. The quantitative estimate of drug-likeness (QED) is 0.613. The number of carbonyl (C=O) groups excluding carboxylic acids is 2. The Labute approximate surface area is 113 Å². The van der Waals surface area contributed by atoms with Crippen LogP contribution in [-0.4, -0.2) is 38.0 Å². The third kappa shape index (κ3) is 3.47. The molecule has 0 unspecified atom stereocenters. The standard InChI is InChI=1S/C14H19NO4/c1-9-7-12(18-4)10(2)6-11(9)8-15(3)13(16)14(17)19-5/h6-7H,8H2,1-5H3. The maximum absolute atomic E-state index is 11.6. The van der Waals surface area contributed by atoms with Gasteiger partial charge in [0.2, 0.25) is 0 Å². The summed E-state index contributed by atoms with van der Waals surface area (Å²) in [4.78, 5) is 24.1. The SMILES string of the molecule is COC(=O)C(=O)N(C)Cc1cc(C)c(OC)cc1C. The van der Waals surface area contributed by atoms with Gasteiger partial charge in [-0.15, -0.1) is 0 Å². The number of benzene rings is 1. The van der Waals surface area contributed by atoms with Gasteiger partial charge in [0, 0.05) is 13.6 Å². The van der Waals surface area contributed by atoms with E-state index in [0.717, 1.165) is 22.4 Å². The second-order valence-electron chi connectivity index (χ2n) is 4.40. The maximum atomic E-state index is 11.6. The fraction of sp³-hybridized carbons (Fsp3) is 0.429. The van der Waals surface area contributed by atoms with Crippen LogP contribution in [0.5, 0.6) is 5.75 Å². The highest BCUT2D eigenvalue weighted by Gasteiger charge is 2.20. The van der Waals surface area contributed by atoms with Gasteiger partial charge in [-0.1, -0.05) is 6.07 Å². The smallest absolute Gasteiger partial charge is 0.396 e. The molecule has 0 fully saturated rings. The fourth-order valence-electron chi connectivity index (χ4n) is 1.81. The number of likely N-dealkylation sites (N-methyl/N-ethyl adjacent to an activating group) is 1. The molecule has 0 radical (unpaired) electrons. The van der Waals surface area contributed by atoms with Crippen molar-refractivity contribution in [3.8, 4) is 5.75 Å². The van der Waals surface area contributed by atoms with Crippen LogP contribution in [0.1, 0.15) is 16.7 Å². The van der Waals surface area contributed by atoms with Crippen molar-refractivity contribution in [3.05, 3.63) is 28.8 Å². The van der Waals surface area contributed by atoms with Crippen molar-refractivity contribution in [1.29, 1.82) is 0 Å². The summed E-state index contributed by atoms with van der Waals surface area (Å²) in [7, 11) is 4.38. The number of aryl methyl sites for hydroxylation is 2. The van der Waals surface area contributed by atoms with Gasteiger partial charge in [0.15, 0.2) is 0 Å². The molecular formula is C14H19NO4. The van der Waals surface area contributed by atoms with Crippen LogP contribution in [0.15, 0.2) is 12.1 Å². The van der Waals surface area contributed by atoms with E-state index in [4.69, 9.17) is 4.74 Å². The van der Waals surface area contributed by atoms with E-state index in [1.165, 1.54) is 12.0 Å². The van der Waals surface area contributed by atoms with Gasteiger partial charge in [-0.3, -0.25) is 4.79 Å². The molecule has 5 heteroatoms. The lowest BCUT2D eigenvalue weighted by Gasteiger charge is -2.18. The number of nitrogens with zero attached hydrogens (tertiary/aromatic N) is 1. The summed E-state index contributed by atoms with van der Waals surface area (Å²) in [5.74, 6) is -0.705. The minimum atomic E-state index is -0.856. The average Bonchev–Trinajstić information content (AvgIpc) is 2.40. The number of hydrogen-bond acceptors (Lipinski definition) is 4. The Morgan fingerprint density at radius 3 is 2.32 bits per heavy atom. The van der Waals surface area contributed by atoms with Crippen LogP contribution >= 0.6 is 0 Å². The lowest BCUT2D eigenvalue weighted by Crippen LogP contribution is -2.33. The Morgan fingerprint density at radius 2 is 1.79 bits per heavy atom. The first-order valence-corrected chi connectivity index (χ1v) is 5.88. The molecule has 0 aliphatic rings. The predicted octanol–water partition coefficient (Wildman–Crippen LogP) is 1.44. The molecule has 1 aromatic rings. The summed E-state index contributed by atoms with van der Waals surface area (Å²) in [6, 6.07) is 3.87. The molecule has 0 saturated heterocycles. The van der Waals surface area contributed by atoms with Gasteiger partial charge in [-0.25, -0.2) is 4.79 Å². The molecule has 0 bridgehead atoms. The van der Waals surface area contributed by atoms with E-state index in [1.807, 2.05) is 26.0 Å². The summed E-state index contributed by atoms with van der Waals surface area (Å²) in [5, 5.41) is 0. The van der Waals surface area contributed by atoms with Gasteiger partial charge in [0.1, 0.15) is 5.75 Å². The molecule has 1 amide bonds. The number of hydrogen-bond donors (Lipinski definition) is 0. The van der Waals surface area contributed by atoms with Crippen LogP contribution in [-0.2, 0) is 20.9 Å². The maximum Gasteiger partial charge on any atom is 0.396 e. The molecule has 1 aromatic carbocycles. The Hall–Kier alpha value is -2.04. The normalized spacial score (nSPS) is 9.95. The van der Waals surface area contributed by atoms with Gasteiger partial charge >= 0.3 is 11.9 Å². The number of esters is 1. The summed E-state index contributed by atoms with van der Waals surface area (Å²) in [6.07, 6.45) is 0. The Bertz CT molecular complexity index is 496. The van der Waals surface area contributed by atoms with E-state index in [2.05, 4.69) is 4.74 Å². The van der Waals surface area contributed by atoms with Crippen molar-refractivity contribution in [3.63, 3.8) is 0 Å². The van der Waals surface area contributed by atoms with Crippen molar-refractivity contribution in [2.75, 3.05) is 21.3 Å². The Balaban J connectivity index is 2.91. The van der Waals surface area contributed by atoms with Crippen molar-refractivity contribution >= 4 is 11.9 Å². The first-order chi connectivity index (χ1) is 8.90. The molecule has 0 aliphatic heterocycles. The van der Waals surface area contributed by atoms with Crippen molar-refractivity contribution in [2.45, 2.75) is 20.4 Å². The van der Waals surface area contributed by atoms with Gasteiger partial charge in [-0.2, -0.15) is 0 Å². The van der Waals surface area contributed by atoms with E-state index < -0.39 is 11.9 Å². The van der Waals surface area contributed by atoms with Gasteiger partial charge in [0.05, 0.1) is 14.2 Å². The lowest BCUT2D eigenvalue weighted by atomic mass is 10.0. The van der Waals surface area contributed by atoms with Crippen LogP contribution < -0.4 is 4.74 Å². The molecule has 0 aromatic heterocycles. The van der Waals surface area contributed by atoms with Crippen LogP contribution in [0.2, 0.25) is 0 Å². The molecule has 19 heavy (non-hydrogen) atoms. The van der Waals surface area contributed by atoms with E-state index >= 15 is 0 Å². The highest BCUT2D eigenvalue weighted by atomic mass is 16.5.